The van der Waals surface area contributed by atoms with Crippen LogP contribution in [0.2, 0.25) is 0 Å². The summed E-state index contributed by atoms with van der Waals surface area (Å²) in [4.78, 5) is 35.4. The molecule has 0 radical (unpaired) electrons. The number of carbonyl (C=O) groups excluding carboxylic acids is 1. The molecule has 25 heavy (non-hydrogen) atoms. The van der Waals surface area contributed by atoms with Crippen LogP contribution in [-0.4, -0.2) is 33.2 Å². The molecule has 1 aliphatic heterocycles. The summed E-state index contributed by atoms with van der Waals surface area (Å²) in [6.07, 6.45) is 7.62. The molecule has 0 spiro atoms. The smallest absolute Gasteiger partial charge is 0.277 e. The molecular formula is C17H21N3O5. The van der Waals surface area contributed by atoms with Crippen LogP contribution in [0.5, 0.6) is 0 Å². The molecule has 0 N–H and O–H groups in total. The predicted octanol–water partition coefficient (Wildman–Crippen LogP) is 3.69. The third kappa shape index (κ3) is 3.62. The molecule has 1 atom stereocenters. The number of carbonyl (C=O) groups is 1. The SMILES string of the molecule is O=C(c1cc([N+](=O)[O-])cc([N+](=O)[O-])c1)N1CCCC1C1CCCCC1. The van der Waals surface area contributed by atoms with Gasteiger partial charge in [0, 0.05) is 24.7 Å². The molecule has 134 valence electrons. The lowest BCUT2D eigenvalue weighted by Crippen LogP contribution is -2.40. The summed E-state index contributed by atoms with van der Waals surface area (Å²) < 4.78 is 0. The number of amides is 1. The third-order valence-corrected chi connectivity index (χ3v) is 5.33. The number of rotatable bonds is 4. The van der Waals surface area contributed by atoms with Crippen molar-refractivity contribution < 1.29 is 14.6 Å². The topological polar surface area (TPSA) is 107 Å². The van der Waals surface area contributed by atoms with Crippen molar-refractivity contribution in [1.29, 1.82) is 0 Å². The van der Waals surface area contributed by atoms with Crippen molar-refractivity contribution in [2.24, 2.45) is 5.92 Å². The van der Waals surface area contributed by atoms with Crippen LogP contribution in [0.25, 0.3) is 0 Å². The van der Waals surface area contributed by atoms with Crippen molar-refractivity contribution in [2.75, 3.05) is 6.54 Å². The molecule has 1 saturated carbocycles. The summed E-state index contributed by atoms with van der Waals surface area (Å²) in [6, 6.07) is 3.32. The van der Waals surface area contributed by atoms with Crippen LogP contribution in [0.1, 0.15) is 55.3 Å². The monoisotopic (exact) mass is 347 g/mol. The molecule has 1 amide bonds. The number of hydrogen-bond acceptors (Lipinski definition) is 5. The van der Waals surface area contributed by atoms with Crippen molar-refractivity contribution in [2.45, 2.75) is 51.0 Å². The highest BCUT2D eigenvalue weighted by Gasteiger charge is 2.36. The fourth-order valence-corrected chi connectivity index (χ4v) is 4.15. The highest BCUT2D eigenvalue weighted by molar-refractivity contribution is 5.96. The quantitative estimate of drug-likeness (QED) is 0.610. The fourth-order valence-electron chi connectivity index (χ4n) is 4.15. The van der Waals surface area contributed by atoms with Gasteiger partial charge in [-0.15, -0.1) is 0 Å². The van der Waals surface area contributed by atoms with E-state index in [0.29, 0.717) is 12.5 Å². The molecule has 1 heterocycles. The molecule has 1 aromatic carbocycles. The minimum absolute atomic E-state index is 0.0311. The predicted molar refractivity (Wildman–Crippen MR) is 90.4 cm³/mol. The lowest BCUT2D eigenvalue weighted by molar-refractivity contribution is -0.394. The van der Waals surface area contributed by atoms with Gasteiger partial charge in [0.05, 0.1) is 21.5 Å². The van der Waals surface area contributed by atoms with Crippen LogP contribution in [0.4, 0.5) is 11.4 Å². The first kappa shape index (κ1) is 17.3. The number of likely N-dealkylation sites (tertiary alicyclic amines) is 1. The van der Waals surface area contributed by atoms with Crippen molar-refractivity contribution >= 4 is 17.3 Å². The Balaban J connectivity index is 1.88. The highest BCUT2D eigenvalue weighted by atomic mass is 16.6. The Bertz CT molecular complexity index is 667. The zero-order valence-electron chi connectivity index (χ0n) is 13.9. The van der Waals surface area contributed by atoms with Crippen molar-refractivity contribution in [1.82, 2.24) is 4.90 Å². The second kappa shape index (κ2) is 7.16. The molecule has 1 aromatic rings. The summed E-state index contributed by atoms with van der Waals surface area (Å²) in [6.45, 7) is 0.608. The van der Waals surface area contributed by atoms with Crippen LogP contribution in [0, 0.1) is 26.1 Å². The summed E-state index contributed by atoms with van der Waals surface area (Å²) in [5.74, 6) is 0.133. The van der Waals surface area contributed by atoms with E-state index < -0.39 is 21.2 Å². The van der Waals surface area contributed by atoms with Gasteiger partial charge in [-0.3, -0.25) is 25.0 Å². The van der Waals surface area contributed by atoms with Gasteiger partial charge in [0.15, 0.2) is 0 Å². The van der Waals surface area contributed by atoms with Gasteiger partial charge >= 0.3 is 0 Å². The van der Waals surface area contributed by atoms with E-state index in [2.05, 4.69) is 0 Å². The van der Waals surface area contributed by atoms with E-state index in [9.17, 15) is 25.0 Å². The highest BCUT2D eigenvalue weighted by Crippen LogP contribution is 2.35. The lowest BCUT2D eigenvalue weighted by Gasteiger charge is -2.34. The number of benzene rings is 1. The van der Waals surface area contributed by atoms with Gasteiger partial charge in [0.2, 0.25) is 0 Å². The second-order valence-corrected chi connectivity index (χ2v) is 6.86. The number of hydrogen-bond donors (Lipinski definition) is 0. The van der Waals surface area contributed by atoms with E-state index in [-0.39, 0.29) is 17.5 Å². The number of non-ortho nitro benzene ring substituents is 2. The fraction of sp³-hybridized carbons (Fsp3) is 0.588. The van der Waals surface area contributed by atoms with E-state index in [4.69, 9.17) is 0 Å². The Hall–Kier alpha value is -2.51. The first-order valence-electron chi connectivity index (χ1n) is 8.72. The van der Waals surface area contributed by atoms with Gasteiger partial charge in [-0.2, -0.15) is 0 Å². The van der Waals surface area contributed by atoms with Crippen LogP contribution >= 0.6 is 0 Å². The lowest BCUT2D eigenvalue weighted by atomic mass is 9.83. The van der Waals surface area contributed by atoms with E-state index in [0.717, 1.165) is 43.9 Å². The van der Waals surface area contributed by atoms with Crippen LogP contribution < -0.4 is 0 Å². The van der Waals surface area contributed by atoms with Crippen molar-refractivity contribution in [3.63, 3.8) is 0 Å². The van der Waals surface area contributed by atoms with Crippen LogP contribution in [0.3, 0.4) is 0 Å². The standard InChI is InChI=1S/C17H21N3O5/c21-17(13-9-14(19(22)23)11-15(10-13)20(24)25)18-8-4-7-16(18)12-5-2-1-3-6-12/h9-12,16H,1-8H2. The summed E-state index contributed by atoms with van der Waals surface area (Å²) in [7, 11) is 0. The maximum atomic E-state index is 12.9. The Morgan fingerprint density at radius 3 is 2.08 bits per heavy atom. The summed E-state index contributed by atoms with van der Waals surface area (Å²) in [5, 5.41) is 22.1. The van der Waals surface area contributed by atoms with Gasteiger partial charge in [-0.05, 0) is 31.6 Å². The summed E-state index contributed by atoms with van der Waals surface area (Å²) in [5.41, 5.74) is -0.819. The number of nitro groups is 2. The first-order chi connectivity index (χ1) is 12.0. The van der Waals surface area contributed by atoms with E-state index >= 15 is 0 Å². The average Bonchev–Trinajstić information content (AvgIpc) is 3.11. The molecule has 2 fully saturated rings. The molecular weight excluding hydrogens is 326 g/mol. The van der Waals surface area contributed by atoms with Gasteiger partial charge in [-0.1, -0.05) is 19.3 Å². The Morgan fingerprint density at radius 1 is 0.920 bits per heavy atom. The van der Waals surface area contributed by atoms with Crippen molar-refractivity contribution in [3.05, 3.63) is 44.0 Å². The number of nitro benzene ring substituents is 2. The van der Waals surface area contributed by atoms with E-state index in [1.54, 1.807) is 4.90 Å². The van der Waals surface area contributed by atoms with E-state index in [1.807, 2.05) is 0 Å². The Kier molecular flexibility index (Phi) is 4.96. The minimum Gasteiger partial charge on any atom is -0.335 e. The minimum atomic E-state index is -0.702. The zero-order valence-corrected chi connectivity index (χ0v) is 13.9. The molecule has 8 nitrogen and oxygen atoms in total. The van der Waals surface area contributed by atoms with Gasteiger partial charge in [0.25, 0.3) is 17.3 Å². The Morgan fingerprint density at radius 2 is 1.52 bits per heavy atom. The molecule has 0 bridgehead atoms. The molecule has 1 aliphatic carbocycles. The maximum Gasteiger partial charge on any atom is 0.277 e. The average molecular weight is 347 g/mol. The van der Waals surface area contributed by atoms with Gasteiger partial charge in [-0.25, -0.2) is 0 Å². The molecule has 8 heteroatoms. The van der Waals surface area contributed by atoms with Gasteiger partial charge < -0.3 is 4.90 Å². The van der Waals surface area contributed by atoms with Crippen molar-refractivity contribution in [3.8, 4) is 0 Å². The third-order valence-electron chi connectivity index (χ3n) is 5.33. The normalized spacial score (nSPS) is 21.3. The Labute approximate surface area is 145 Å². The molecule has 2 aliphatic rings. The second-order valence-electron chi connectivity index (χ2n) is 6.86. The molecule has 1 saturated heterocycles. The molecule has 0 aromatic heterocycles. The van der Waals surface area contributed by atoms with Crippen LogP contribution in [0.15, 0.2) is 18.2 Å². The first-order valence-corrected chi connectivity index (χ1v) is 8.72. The van der Waals surface area contributed by atoms with Gasteiger partial charge in [0.1, 0.15) is 0 Å². The largest absolute Gasteiger partial charge is 0.335 e. The summed E-state index contributed by atoms with van der Waals surface area (Å²) >= 11 is 0. The molecule has 3 rings (SSSR count). The maximum absolute atomic E-state index is 12.9. The van der Waals surface area contributed by atoms with Crippen LogP contribution in [-0.2, 0) is 0 Å². The molecule has 1 unspecified atom stereocenters. The van der Waals surface area contributed by atoms with E-state index in [1.165, 1.54) is 19.3 Å². The zero-order chi connectivity index (χ0) is 18.0. The number of nitrogens with zero attached hydrogens (tertiary/aromatic N) is 3.